The van der Waals surface area contributed by atoms with Crippen LogP contribution in [0.15, 0.2) is 12.1 Å². The molecule has 0 aliphatic carbocycles. The molecule has 1 N–H and O–H groups in total. The van der Waals surface area contributed by atoms with E-state index in [0.29, 0.717) is 0 Å². The van der Waals surface area contributed by atoms with Gasteiger partial charge in [-0.3, -0.25) is 4.79 Å². The molecule has 0 amide bonds. The van der Waals surface area contributed by atoms with Gasteiger partial charge in [-0.15, -0.1) is 0 Å². The molecule has 1 aromatic rings. The number of ether oxygens (including phenoxy) is 1. The van der Waals surface area contributed by atoms with E-state index in [4.69, 9.17) is 4.74 Å². The van der Waals surface area contributed by atoms with E-state index in [1.165, 1.54) is 6.92 Å². The lowest BCUT2D eigenvalue weighted by Crippen LogP contribution is -2.18. The van der Waals surface area contributed by atoms with E-state index < -0.39 is 11.9 Å². The molecule has 0 atom stereocenters. The Morgan fingerprint density at radius 3 is 2.21 bits per heavy atom. The van der Waals surface area contributed by atoms with Crippen LogP contribution < -0.4 is 4.74 Å². The van der Waals surface area contributed by atoms with Crippen molar-refractivity contribution in [3.8, 4) is 5.75 Å². The van der Waals surface area contributed by atoms with Crippen LogP contribution >= 0.6 is 0 Å². The van der Waals surface area contributed by atoms with Crippen LogP contribution in [0.2, 0.25) is 0 Å². The van der Waals surface area contributed by atoms with Gasteiger partial charge in [-0.1, -0.05) is 33.8 Å². The molecule has 0 bridgehead atoms. The van der Waals surface area contributed by atoms with Crippen LogP contribution in [0.5, 0.6) is 5.75 Å². The van der Waals surface area contributed by atoms with Crippen molar-refractivity contribution in [1.82, 2.24) is 0 Å². The van der Waals surface area contributed by atoms with Gasteiger partial charge in [0.1, 0.15) is 11.3 Å². The quantitative estimate of drug-likeness (QED) is 0.672. The number of aromatic carboxylic acids is 1. The zero-order valence-corrected chi connectivity index (χ0v) is 12.0. The molecule has 4 heteroatoms. The van der Waals surface area contributed by atoms with Crippen LogP contribution in [0, 0.1) is 0 Å². The number of carboxylic acids is 1. The van der Waals surface area contributed by atoms with Crippen molar-refractivity contribution in [2.75, 3.05) is 0 Å². The van der Waals surface area contributed by atoms with Gasteiger partial charge in [-0.05, 0) is 23.5 Å². The Hall–Kier alpha value is -1.84. The highest BCUT2D eigenvalue weighted by molar-refractivity contribution is 5.93. The summed E-state index contributed by atoms with van der Waals surface area (Å²) in [6.45, 7) is 9.10. The van der Waals surface area contributed by atoms with E-state index in [0.717, 1.165) is 17.5 Å². The van der Waals surface area contributed by atoms with Crippen LogP contribution in [0.25, 0.3) is 0 Å². The summed E-state index contributed by atoms with van der Waals surface area (Å²) in [6, 6.07) is 3.47. The number of carbonyl (C=O) groups is 2. The summed E-state index contributed by atoms with van der Waals surface area (Å²) >= 11 is 0. The number of aryl methyl sites for hydroxylation is 1. The summed E-state index contributed by atoms with van der Waals surface area (Å²) in [5, 5.41) is 9.30. The topological polar surface area (TPSA) is 63.6 Å². The van der Waals surface area contributed by atoms with Crippen LogP contribution in [0.1, 0.15) is 56.1 Å². The number of carbonyl (C=O) groups excluding carboxylic acids is 1. The smallest absolute Gasteiger partial charge is 0.339 e. The second-order valence-electron chi connectivity index (χ2n) is 5.52. The molecule has 0 unspecified atom stereocenters. The van der Waals surface area contributed by atoms with E-state index in [9.17, 15) is 14.7 Å². The van der Waals surface area contributed by atoms with Crippen LogP contribution in [-0.2, 0) is 16.6 Å². The molecule has 0 saturated carbocycles. The van der Waals surface area contributed by atoms with Crippen molar-refractivity contribution in [2.24, 2.45) is 0 Å². The maximum Gasteiger partial charge on any atom is 0.339 e. The van der Waals surface area contributed by atoms with Gasteiger partial charge in [0.25, 0.3) is 0 Å². The molecular weight excluding hydrogens is 244 g/mol. The number of hydrogen-bond acceptors (Lipinski definition) is 3. The third-order valence-corrected chi connectivity index (χ3v) is 2.84. The lowest BCUT2D eigenvalue weighted by atomic mass is 9.83. The first kappa shape index (κ1) is 15.2. The Bertz CT molecular complexity index is 510. The molecule has 1 rings (SSSR count). The number of hydrogen-bond donors (Lipinski definition) is 1. The molecule has 0 aromatic heterocycles. The van der Waals surface area contributed by atoms with E-state index in [2.05, 4.69) is 0 Å². The van der Waals surface area contributed by atoms with E-state index in [1.807, 2.05) is 33.8 Å². The Morgan fingerprint density at radius 1 is 1.26 bits per heavy atom. The Morgan fingerprint density at radius 2 is 1.84 bits per heavy atom. The zero-order valence-electron chi connectivity index (χ0n) is 12.0. The summed E-state index contributed by atoms with van der Waals surface area (Å²) in [6.07, 6.45) is 0.726. The highest BCUT2D eigenvalue weighted by atomic mass is 16.5. The molecule has 0 heterocycles. The molecule has 0 fully saturated rings. The molecule has 0 spiro atoms. The van der Waals surface area contributed by atoms with E-state index in [1.54, 1.807) is 6.07 Å². The van der Waals surface area contributed by atoms with Gasteiger partial charge in [0.15, 0.2) is 0 Å². The fourth-order valence-corrected chi connectivity index (χ4v) is 1.86. The lowest BCUT2D eigenvalue weighted by Gasteiger charge is -2.24. The van der Waals surface area contributed by atoms with Crippen molar-refractivity contribution in [1.29, 1.82) is 0 Å². The summed E-state index contributed by atoms with van der Waals surface area (Å²) < 4.78 is 5.14. The minimum atomic E-state index is -1.09. The van der Waals surface area contributed by atoms with Crippen molar-refractivity contribution in [2.45, 2.75) is 46.5 Å². The van der Waals surface area contributed by atoms with Crippen molar-refractivity contribution in [3.05, 3.63) is 28.8 Å². The van der Waals surface area contributed by atoms with Crippen molar-refractivity contribution in [3.63, 3.8) is 0 Å². The molecule has 4 nitrogen and oxygen atoms in total. The van der Waals surface area contributed by atoms with Crippen molar-refractivity contribution >= 4 is 11.9 Å². The second kappa shape index (κ2) is 5.43. The van der Waals surface area contributed by atoms with Gasteiger partial charge in [-0.25, -0.2) is 4.79 Å². The molecule has 0 aliphatic rings. The molecule has 104 valence electrons. The number of rotatable bonds is 3. The number of benzene rings is 1. The fourth-order valence-electron chi connectivity index (χ4n) is 1.86. The molecule has 0 aliphatic heterocycles. The van der Waals surface area contributed by atoms with Gasteiger partial charge in [0.2, 0.25) is 0 Å². The predicted molar refractivity (Wildman–Crippen MR) is 72.8 cm³/mol. The van der Waals surface area contributed by atoms with Gasteiger partial charge in [0.05, 0.1) is 0 Å². The minimum Gasteiger partial charge on any atom is -0.478 e. The van der Waals surface area contributed by atoms with Gasteiger partial charge in [0, 0.05) is 12.5 Å². The SMILES string of the molecule is CCc1cc(C(=O)O)c(OC(C)=O)c(C(C)(C)C)c1. The Labute approximate surface area is 113 Å². The highest BCUT2D eigenvalue weighted by Crippen LogP contribution is 2.35. The maximum atomic E-state index is 11.4. The zero-order chi connectivity index (χ0) is 14.8. The Balaban J connectivity index is 3.61. The van der Waals surface area contributed by atoms with Crippen LogP contribution in [0.3, 0.4) is 0 Å². The van der Waals surface area contributed by atoms with E-state index >= 15 is 0 Å². The second-order valence-corrected chi connectivity index (χ2v) is 5.52. The summed E-state index contributed by atoms with van der Waals surface area (Å²) in [5.74, 6) is -1.45. The monoisotopic (exact) mass is 264 g/mol. The average molecular weight is 264 g/mol. The molecule has 19 heavy (non-hydrogen) atoms. The standard InChI is InChI=1S/C15H20O4/c1-6-10-7-11(14(17)18)13(19-9(2)16)12(8-10)15(3,4)5/h7-8H,6H2,1-5H3,(H,17,18). The largest absolute Gasteiger partial charge is 0.478 e. The summed E-state index contributed by atoms with van der Waals surface area (Å²) in [5.41, 5.74) is 1.39. The summed E-state index contributed by atoms with van der Waals surface area (Å²) in [7, 11) is 0. The molecular formula is C15H20O4. The van der Waals surface area contributed by atoms with Crippen molar-refractivity contribution < 1.29 is 19.4 Å². The predicted octanol–water partition coefficient (Wildman–Crippen LogP) is 3.17. The number of esters is 1. The summed E-state index contributed by atoms with van der Waals surface area (Å²) in [4.78, 5) is 22.6. The molecule has 1 aromatic carbocycles. The first-order valence-corrected chi connectivity index (χ1v) is 6.26. The van der Waals surface area contributed by atoms with Crippen LogP contribution in [0.4, 0.5) is 0 Å². The number of carboxylic acid groups (broad SMARTS) is 1. The van der Waals surface area contributed by atoms with Gasteiger partial charge >= 0.3 is 11.9 Å². The Kier molecular flexibility index (Phi) is 4.35. The lowest BCUT2D eigenvalue weighted by molar-refractivity contribution is -0.131. The third-order valence-electron chi connectivity index (χ3n) is 2.84. The molecule has 0 radical (unpaired) electrons. The average Bonchev–Trinajstić information content (AvgIpc) is 2.26. The van der Waals surface area contributed by atoms with Gasteiger partial charge in [-0.2, -0.15) is 0 Å². The fraction of sp³-hybridized carbons (Fsp3) is 0.467. The van der Waals surface area contributed by atoms with Crippen LogP contribution in [-0.4, -0.2) is 17.0 Å². The van der Waals surface area contributed by atoms with Gasteiger partial charge < -0.3 is 9.84 Å². The first-order chi connectivity index (χ1) is 8.66. The molecule has 0 saturated heterocycles. The maximum absolute atomic E-state index is 11.4. The van der Waals surface area contributed by atoms with E-state index in [-0.39, 0.29) is 16.7 Å². The normalized spacial score (nSPS) is 11.2. The third kappa shape index (κ3) is 3.56. The minimum absolute atomic E-state index is 0.0412. The first-order valence-electron chi connectivity index (χ1n) is 6.26. The highest BCUT2D eigenvalue weighted by Gasteiger charge is 2.26.